The molecular formula is C27H30ClN3O4S. The molecule has 0 saturated carbocycles. The molecule has 0 aromatic heterocycles. The Bertz CT molecular complexity index is 1320. The van der Waals surface area contributed by atoms with Gasteiger partial charge in [0, 0.05) is 25.0 Å². The average molecular weight is 528 g/mol. The molecule has 36 heavy (non-hydrogen) atoms. The Morgan fingerprint density at radius 1 is 0.944 bits per heavy atom. The fraction of sp³-hybridized carbons (Fsp3) is 0.259. The van der Waals surface area contributed by atoms with Crippen molar-refractivity contribution in [2.24, 2.45) is 0 Å². The molecule has 0 bridgehead atoms. The maximum Gasteiger partial charge on any atom is 0.244 e. The Balaban J connectivity index is 2.05. The standard InChI is InChI=1S/C27H30ClN3O4S/c1-20-11-7-10-16-24(20)31(36(3,34)35)19-26(32)30(18-22-14-8-9-15-23(22)28)25(27(33)29-2)17-21-12-5-4-6-13-21/h4-16,25H,17-19H2,1-3H3,(H,29,33)/t25-/m1/s1. The molecular weight excluding hydrogens is 498 g/mol. The molecule has 2 amide bonds. The number of sulfonamides is 1. The lowest BCUT2D eigenvalue weighted by atomic mass is 10.0. The van der Waals surface area contributed by atoms with E-state index in [4.69, 9.17) is 11.6 Å². The number of anilines is 1. The zero-order valence-corrected chi connectivity index (χ0v) is 22.1. The summed E-state index contributed by atoms with van der Waals surface area (Å²) in [6.45, 7) is 1.35. The molecule has 0 aliphatic rings. The van der Waals surface area contributed by atoms with Crippen molar-refractivity contribution in [1.82, 2.24) is 10.2 Å². The summed E-state index contributed by atoms with van der Waals surface area (Å²) in [4.78, 5) is 28.3. The van der Waals surface area contributed by atoms with Crippen LogP contribution in [0.3, 0.4) is 0 Å². The molecule has 1 atom stereocenters. The van der Waals surface area contributed by atoms with Crippen molar-refractivity contribution in [3.8, 4) is 0 Å². The highest BCUT2D eigenvalue weighted by Gasteiger charge is 2.33. The number of halogens is 1. The predicted molar refractivity (Wildman–Crippen MR) is 143 cm³/mol. The van der Waals surface area contributed by atoms with Gasteiger partial charge in [-0.3, -0.25) is 13.9 Å². The molecule has 0 heterocycles. The molecule has 0 aliphatic heterocycles. The smallest absolute Gasteiger partial charge is 0.244 e. The van der Waals surface area contributed by atoms with Crippen LogP contribution in [0.15, 0.2) is 78.9 Å². The van der Waals surface area contributed by atoms with Crippen molar-refractivity contribution >= 4 is 39.1 Å². The largest absolute Gasteiger partial charge is 0.357 e. The van der Waals surface area contributed by atoms with Gasteiger partial charge in [-0.15, -0.1) is 0 Å². The number of aryl methyl sites for hydroxylation is 1. The van der Waals surface area contributed by atoms with Crippen LogP contribution in [-0.2, 0) is 32.6 Å². The Morgan fingerprint density at radius 2 is 1.56 bits per heavy atom. The minimum atomic E-state index is -3.80. The van der Waals surface area contributed by atoms with Gasteiger partial charge in [-0.1, -0.05) is 78.3 Å². The average Bonchev–Trinajstić information content (AvgIpc) is 2.85. The van der Waals surface area contributed by atoms with Crippen LogP contribution in [0.2, 0.25) is 5.02 Å². The van der Waals surface area contributed by atoms with Crippen LogP contribution in [0.1, 0.15) is 16.7 Å². The number of hydrogen-bond donors (Lipinski definition) is 1. The first-order chi connectivity index (χ1) is 17.1. The van der Waals surface area contributed by atoms with E-state index in [9.17, 15) is 18.0 Å². The number of nitrogens with zero attached hydrogens (tertiary/aromatic N) is 2. The third kappa shape index (κ3) is 6.86. The lowest BCUT2D eigenvalue weighted by molar-refractivity contribution is -0.139. The Kier molecular flexibility index (Phi) is 9.12. The summed E-state index contributed by atoms with van der Waals surface area (Å²) >= 11 is 6.40. The quantitative estimate of drug-likeness (QED) is 0.434. The lowest BCUT2D eigenvalue weighted by Gasteiger charge is -2.33. The number of benzene rings is 3. The highest BCUT2D eigenvalue weighted by molar-refractivity contribution is 7.92. The van der Waals surface area contributed by atoms with Gasteiger partial charge in [-0.2, -0.15) is 0 Å². The lowest BCUT2D eigenvalue weighted by Crippen LogP contribution is -2.53. The summed E-state index contributed by atoms with van der Waals surface area (Å²) in [6.07, 6.45) is 1.31. The van der Waals surface area contributed by atoms with Crippen molar-refractivity contribution in [1.29, 1.82) is 0 Å². The number of likely N-dealkylation sites (N-methyl/N-ethyl adjacent to an activating group) is 1. The van der Waals surface area contributed by atoms with Gasteiger partial charge < -0.3 is 10.2 Å². The third-order valence-electron chi connectivity index (χ3n) is 5.88. The first kappa shape index (κ1) is 27.2. The highest BCUT2D eigenvalue weighted by atomic mass is 35.5. The Morgan fingerprint density at radius 3 is 2.17 bits per heavy atom. The van der Waals surface area contributed by atoms with Gasteiger partial charge in [0.05, 0.1) is 11.9 Å². The van der Waals surface area contributed by atoms with E-state index in [-0.39, 0.29) is 18.9 Å². The van der Waals surface area contributed by atoms with Gasteiger partial charge >= 0.3 is 0 Å². The van der Waals surface area contributed by atoms with Crippen LogP contribution in [-0.4, -0.2) is 51.0 Å². The van der Waals surface area contributed by atoms with Crippen LogP contribution in [0.5, 0.6) is 0 Å². The summed E-state index contributed by atoms with van der Waals surface area (Å²) in [5.74, 6) is -0.880. The van der Waals surface area contributed by atoms with Crippen molar-refractivity contribution in [3.05, 3.63) is 101 Å². The second-order valence-corrected chi connectivity index (χ2v) is 10.8. The molecule has 0 unspecified atom stereocenters. The second-order valence-electron chi connectivity index (χ2n) is 8.49. The van der Waals surface area contributed by atoms with Crippen LogP contribution in [0, 0.1) is 6.92 Å². The van der Waals surface area contributed by atoms with Crippen molar-refractivity contribution in [2.75, 3.05) is 24.2 Å². The Labute approximate surface area is 217 Å². The van der Waals surface area contributed by atoms with E-state index in [0.29, 0.717) is 21.8 Å². The monoisotopic (exact) mass is 527 g/mol. The molecule has 0 aliphatic carbocycles. The van der Waals surface area contributed by atoms with Crippen LogP contribution < -0.4 is 9.62 Å². The number of para-hydroxylation sites is 1. The molecule has 0 saturated heterocycles. The summed E-state index contributed by atoms with van der Waals surface area (Å²) in [5.41, 5.74) is 2.63. The summed E-state index contributed by atoms with van der Waals surface area (Å²) in [5, 5.41) is 3.10. The van der Waals surface area contributed by atoms with Gasteiger partial charge in [0.15, 0.2) is 0 Å². The molecule has 0 spiro atoms. The van der Waals surface area contributed by atoms with Crippen LogP contribution >= 0.6 is 11.6 Å². The topological polar surface area (TPSA) is 86.8 Å². The third-order valence-corrected chi connectivity index (χ3v) is 7.37. The maximum atomic E-state index is 13.8. The van der Waals surface area contributed by atoms with Gasteiger partial charge in [0.2, 0.25) is 21.8 Å². The molecule has 1 N–H and O–H groups in total. The fourth-order valence-electron chi connectivity index (χ4n) is 3.97. The van der Waals surface area contributed by atoms with Crippen molar-refractivity contribution in [2.45, 2.75) is 25.9 Å². The molecule has 3 aromatic rings. The number of nitrogens with one attached hydrogen (secondary N) is 1. The SMILES string of the molecule is CNC(=O)[C@@H](Cc1ccccc1)N(Cc1ccccc1Cl)C(=O)CN(c1ccccc1C)S(C)(=O)=O. The van der Waals surface area contributed by atoms with Gasteiger partial charge in [0.1, 0.15) is 12.6 Å². The molecule has 7 nitrogen and oxygen atoms in total. The van der Waals surface area contributed by atoms with Crippen LogP contribution in [0.4, 0.5) is 5.69 Å². The first-order valence-corrected chi connectivity index (χ1v) is 13.7. The number of carbonyl (C=O) groups is 2. The summed E-state index contributed by atoms with van der Waals surface area (Å²) in [7, 11) is -2.29. The molecule has 3 aromatic carbocycles. The van der Waals surface area contributed by atoms with Crippen molar-refractivity contribution < 1.29 is 18.0 Å². The summed E-state index contributed by atoms with van der Waals surface area (Å²) < 4.78 is 26.6. The molecule has 0 fully saturated rings. The van der Waals surface area contributed by atoms with E-state index in [1.807, 2.05) is 30.3 Å². The highest BCUT2D eigenvalue weighted by Crippen LogP contribution is 2.24. The van der Waals surface area contributed by atoms with E-state index in [1.165, 1.54) is 11.9 Å². The van der Waals surface area contributed by atoms with E-state index >= 15 is 0 Å². The zero-order valence-electron chi connectivity index (χ0n) is 20.5. The number of hydrogen-bond acceptors (Lipinski definition) is 4. The minimum absolute atomic E-state index is 0.0365. The zero-order chi connectivity index (χ0) is 26.3. The second kappa shape index (κ2) is 12.1. The van der Waals surface area contributed by atoms with Gasteiger partial charge in [-0.25, -0.2) is 8.42 Å². The van der Waals surface area contributed by atoms with Gasteiger partial charge in [-0.05, 0) is 35.7 Å². The Hall–Kier alpha value is -3.36. The van der Waals surface area contributed by atoms with E-state index in [2.05, 4.69) is 5.32 Å². The molecule has 0 radical (unpaired) electrons. The number of amides is 2. The first-order valence-electron chi connectivity index (χ1n) is 11.4. The van der Waals surface area contributed by atoms with E-state index in [1.54, 1.807) is 55.5 Å². The van der Waals surface area contributed by atoms with Crippen LogP contribution in [0.25, 0.3) is 0 Å². The van der Waals surface area contributed by atoms with E-state index < -0.39 is 28.5 Å². The maximum absolute atomic E-state index is 13.8. The summed E-state index contributed by atoms with van der Waals surface area (Å²) in [6, 6.07) is 22.5. The molecule has 9 heteroatoms. The molecule has 3 rings (SSSR count). The van der Waals surface area contributed by atoms with Gasteiger partial charge in [0.25, 0.3) is 0 Å². The normalized spacial score (nSPS) is 12.0. The number of carbonyl (C=O) groups excluding carboxylic acids is 2. The van der Waals surface area contributed by atoms with Crippen molar-refractivity contribution in [3.63, 3.8) is 0 Å². The number of rotatable bonds is 10. The van der Waals surface area contributed by atoms with E-state index in [0.717, 1.165) is 16.1 Å². The fourth-order valence-corrected chi connectivity index (χ4v) is 5.07. The molecule has 190 valence electrons. The predicted octanol–water partition coefficient (Wildman–Crippen LogP) is 3.80. The minimum Gasteiger partial charge on any atom is -0.357 e.